The van der Waals surface area contributed by atoms with Crippen molar-refractivity contribution in [2.75, 3.05) is 11.9 Å². The van der Waals surface area contributed by atoms with Gasteiger partial charge in [-0.15, -0.1) is 22.6 Å². The third-order valence-electron chi connectivity index (χ3n) is 5.82. The molecule has 1 aliphatic heterocycles. The van der Waals surface area contributed by atoms with Crippen molar-refractivity contribution in [3.63, 3.8) is 0 Å². The molecule has 1 amide bonds. The number of benzene rings is 1. The van der Waals surface area contributed by atoms with Gasteiger partial charge in [0.2, 0.25) is 5.91 Å². The normalized spacial score (nSPS) is 21.8. The number of hydrogen-bond donors (Lipinski definition) is 2. The Labute approximate surface area is 166 Å². The molecule has 0 unspecified atom stereocenters. The fourth-order valence-electron chi connectivity index (χ4n) is 4.30. The summed E-state index contributed by atoms with van der Waals surface area (Å²) in [5, 5.41) is 11.8. The summed E-state index contributed by atoms with van der Waals surface area (Å²) in [4.78, 5) is 12.5. The minimum atomic E-state index is 0. The van der Waals surface area contributed by atoms with Gasteiger partial charge < -0.3 is 15.6 Å². The molecule has 1 aliphatic carbocycles. The summed E-state index contributed by atoms with van der Waals surface area (Å²) in [7, 11) is 0. The van der Waals surface area contributed by atoms with Crippen molar-refractivity contribution in [1.29, 1.82) is 0 Å². The average molecular weight is 390 g/mol. The number of carbonyl (C=O) groups is 1. The molecule has 2 aromatic rings. The van der Waals surface area contributed by atoms with Crippen molar-refractivity contribution >= 4 is 24.0 Å². The molecule has 1 aromatic carbocycles. The van der Waals surface area contributed by atoms with Gasteiger partial charge in [0.15, 0.2) is 5.82 Å². The van der Waals surface area contributed by atoms with Gasteiger partial charge in [-0.3, -0.25) is 4.79 Å². The highest BCUT2D eigenvalue weighted by Gasteiger charge is 2.31. The summed E-state index contributed by atoms with van der Waals surface area (Å²) in [6, 6.07) is 7.95. The van der Waals surface area contributed by atoms with E-state index >= 15 is 0 Å². The third-order valence-corrected chi connectivity index (χ3v) is 5.82. The molecule has 6 nitrogen and oxygen atoms in total. The second-order valence-electron chi connectivity index (χ2n) is 7.50. The fraction of sp³-hybridized carbons (Fsp3) is 0.550. The Kier molecular flexibility index (Phi) is 6.50. The first-order valence-electron chi connectivity index (χ1n) is 9.79. The zero-order chi connectivity index (χ0) is 17.9. The van der Waals surface area contributed by atoms with Crippen LogP contribution < -0.4 is 11.1 Å². The Balaban J connectivity index is 0.00000210. The summed E-state index contributed by atoms with van der Waals surface area (Å²) in [5.74, 6) is 2.48. The molecule has 0 saturated heterocycles. The lowest BCUT2D eigenvalue weighted by Crippen LogP contribution is -2.29. The van der Waals surface area contributed by atoms with E-state index in [0.717, 1.165) is 55.1 Å². The Morgan fingerprint density at radius 2 is 1.93 bits per heavy atom. The maximum Gasteiger partial charge on any atom is 0.227 e. The quantitative estimate of drug-likeness (QED) is 0.838. The third kappa shape index (κ3) is 4.17. The lowest BCUT2D eigenvalue weighted by atomic mass is 9.95. The van der Waals surface area contributed by atoms with Crippen LogP contribution in [0.2, 0.25) is 0 Å². The molecule has 27 heavy (non-hydrogen) atoms. The van der Waals surface area contributed by atoms with Gasteiger partial charge in [-0.25, -0.2) is 0 Å². The number of anilines is 1. The number of nitrogens with two attached hydrogens (primary N) is 1. The molecule has 0 radical (unpaired) electrons. The topological polar surface area (TPSA) is 85.8 Å². The molecule has 2 aliphatic rings. The smallest absolute Gasteiger partial charge is 0.227 e. The Morgan fingerprint density at radius 3 is 2.70 bits per heavy atom. The molecule has 2 atom stereocenters. The van der Waals surface area contributed by atoms with Crippen LogP contribution in [0.4, 0.5) is 5.69 Å². The van der Waals surface area contributed by atoms with Crippen LogP contribution in [0.15, 0.2) is 24.3 Å². The maximum atomic E-state index is 12.5. The Morgan fingerprint density at radius 1 is 1.11 bits per heavy atom. The number of nitrogens with one attached hydrogen (secondary N) is 1. The second kappa shape index (κ2) is 8.85. The number of carbonyl (C=O) groups excluding carboxylic acids is 1. The number of nitrogens with zero attached hydrogens (tertiary/aromatic N) is 3. The number of fused-ring (bicyclic) bond motifs is 1. The highest BCUT2D eigenvalue weighted by Crippen LogP contribution is 2.32. The SMILES string of the molecule is Cl.NC[C@H]1CCC[C@H]1C(=O)Nc1ccc(-c2nnc3n2CCCCC3)cc1. The van der Waals surface area contributed by atoms with E-state index in [1.165, 1.54) is 19.3 Å². The van der Waals surface area contributed by atoms with E-state index in [4.69, 9.17) is 5.73 Å². The number of rotatable bonds is 4. The number of halogens is 1. The van der Waals surface area contributed by atoms with Crippen LogP contribution in [0.1, 0.15) is 44.3 Å². The van der Waals surface area contributed by atoms with E-state index in [9.17, 15) is 4.79 Å². The van der Waals surface area contributed by atoms with Crippen molar-refractivity contribution in [2.24, 2.45) is 17.6 Å². The lowest BCUT2D eigenvalue weighted by Gasteiger charge is -2.17. The van der Waals surface area contributed by atoms with Crippen LogP contribution in [0.25, 0.3) is 11.4 Å². The molecule has 2 heterocycles. The van der Waals surface area contributed by atoms with Crippen LogP contribution in [-0.2, 0) is 17.8 Å². The first-order valence-corrected chi connectivity index (χ1v) is 9.79. The summed E-state index contributed by atoms with van der Waals surface area (Å²) >= 11 is 0. The number of amides is 1. The number of hydrogen-bond acceptors (Lipinski definition) is 4. The highest BCUT2D eigenvalue weighted by atomic mass is 35.5. The van der Waals surface area contributed by atoms with E-state index in [-0.39, 0.29) is 24.2 Å². The molecule has 1 aromatic heterocycles. The van der Waals surface area contributed by atoms with Crippen molar-refractivity contribution in [3.8, 4) is 11.4 Å². The van der Waals surface area contributed by atoms with Crippen molar-refractivity contribution in [1.82, 2.24) is 14.8 Å². The summed E-state index contributed by atoms with van der Waals surface area (Å²) < 4.78 is 2.24. The zero-order valence-electron chi connectivity index (χ0n) is 15.6. The Bertz CT molecular complexity index is 773. The summed E-state index contributed by atoms with van der Waals surface area (Å²) in [5.41, 5.74) is 7.68. The number of aromatic nitrogens is 3. The summed E-state index contributed by atoms with van der Waals surface area (Å²) in [6.07, 6.45) is 7.72. The predicted octanol–water partition coefficient (Wildman–Crippen LogP) is 3.41. The second-order valence-corrected chi connectivity index (χ2v) is 7.50. The fourth-order valence-corrected chi connectivity index (χ4v) is 4.30. The van der Waals surface area contributed by atoms with E-state index in [2.05, 4.69) is 20.1 Å². The molecule has 146 valence electrons. The van der Waals surface area contributed by atoms with Gasteiger partial charge in [0.05, 0.1) is 0 Å². The van der Waals surface area contributed by atoms with Crippen LogP contribution in [-0.4, -0.2) is 27.2 Å². The molecule has 0 spiro atoms. The molecule has 1 saturated carbocycles. The van der Waals surface area contributed by atoms with Gasteiger partial charge >= 0.3 is 0 Å². The van der Waals surface area contributed by atoms with Crippen LogP contribution in [0, 0.1) is 11.8 Å². The van der Waals surface area contributed by atoms with Gasteiger partial charge in [-0.2, -0.15) is 0 Å². The van der Waals surface area contributed by atoms with Crippen LogP contribution >= 0.6 is 12.4 Å². The first-order chi connectivity index (χ1) is 12.8. The van der Waals surface area contributed by atoms with E-state index in [0.29, 0.717) is 12.5 Å². The molecule has 4 rings (SSSR count). The van der Waals surface area contributed by atoms with Gasteiger partial charge in [0.1, 0.15) is 5.82 Å². The van der Waals surface area contributed by atoms with Gasteiger partial charge in [-0.05, 0) is 62.4 Å². The predicted molar refractivity (Wildman–Crippen MR) is 109 cm³/mol. The van der Waals surface area contributed by atoms with Gasteiger partial charge in [0, 0.05) is 30.1 Å². The summed E-state index contributed by atoms with van der Waals surface area (Å²) in [6.45, 7) is 1.58. The highest BCUT2D eigenvalue weighted by molar-refractivity contribution is 5.93. The van der Waals surface area contributed by atoms with Gasteiger partial charge in [-0.1, -0.05) is 12.8 Å². The molecule has 3 N–H and O–H groups in total. The van der Waals surface area contributed by atoms with Crippen molar-refractivity contribution in [3.05, 3.63) is 30.1 Å². The first kappa shape index (κ1) is 19.8. The zero-order valence-corrected chi connectivity index (χ0v) is 16.4. The van der Waals surface area contributed by atoms with Crippen LogP contribution in [0.3, 0.4) is 0 Å². The molecule has 1 fully saturated rings. The minimum Gasteiger partial charge on any atom is -0.330 e. The number of aryl methyl sites for hydroxylation is 1. The van der Waals surface area contributed by atoms with Crippen molar-refractivity contribution < 1.29 is 4.79 Å². The Hall–Kier alpha value is -1.92. The monoisotopic (exact) mass is 389 g/mol. The lowest BCUT2D eigenvalue weighted by molar-refractivity contribution is -0.120. The molecular formula is C20H28ClN5O. The molecule has 7 heteroatoms. The maximum absolute atomic E-state index is 12.5. The van der Waals surface area contributed by atoms with Gasteiger partial charge in [0.25, 0.3) is 0 Å². The largest absolute Gasteiger partial charge is 0.330 e. The standard InChI is InChI=1S/C20H27N5O.ClH/c21-13-15-5-4-6-17(15)20(26)22-16-10-8-14(9-11-16)19-24-23-18-7-2-1-3-12-25(18)19;/h8-11,15,17H,1-7,12-13,21H2,(H,22,26);1H/t15-,17-;/m1./s1. The molecule has 0 bridgehead atoms. The van der Waals surface area contributed by atoms with Crippen molar-refractivity contribution in [2.45, 2.75) is 51.5 Å². The van der Waals surface area contributed by atoms with E-state index < -0.39 is 0 Å². The minimum absolute atomic E-state index is 0. The van der Waals surface area contributed by atoms with E-state index in [1.54, 1.807) is 0 Å². The molecular weight excluding hydrogens is 362 g/mol. The van der Waals surface area contributed by atoms with Crippen LogP contribution in [0.5, 0.6) is 0 Å². The average Bonchev–Trinajstić information content (AvgIpc) is 3.23. The van der Waals surface area contributed by atoms with E-state index in [1.807, 2.05) is 24.3 Å².